The largest absolute Gasteiger partial charge is 0.467 e. The first-order valence-corrected chi connectivity index (χ1v) is 6.16. The first kappa shape index (κ1) is 14.1. The lowest BCUT2D eigenvalue weighted by Gasteiger charge is -2.35. The third kappa shape index (κ3) is 1.90. The van der Waals surface area contributed by atoms with Gasteiger partial charge in [0.1, 0.15) is 11.0 Å². The van der Waals surface area contributed by atoms with Crippen molar-refractivity contribution < 1.29 is 27.5 Å². The minimum Gasteiger partial charge on any atom is -0.467 e. The number of likely N-dealkylation sites (tertiary alicyclic amines) is 1. The SMILES string of the molecule is COC(=O)[C@]1(C)CCCN1C(=O)C1(C(F)(F)F)CC1. The summed E-state index contributed by atoms with van der Waals surface area (Å²) in [6, 6.07) is 0. The van der Waals surface area contributed by atoms with Crippen molar-refractivity contribution in [2.24, 2.45) is 5.41 Å². The number of hydrogen-bond donors (Lipinski definition) is 0. The predicted molar refractivity (Wildman–Crippen MR) is 59.1 cm³/mol. The standard InChI is InChI=1S/C12H16F3NO3/c1-10(9(18)19-2)4-3-7-16(10)8(17)11(5-6-11)12(13,14)15/h3-7H2,1-2H3/t10-/m0/s1. The number of amides is 1. The molecule has 4 nitrogen and oxygen atoms in total. The van der Waals surface area contributed by atoms with Crippen LogP contribution in [0.25, 0.3) is 0 Å². The fourth-order valence-corrected chi connectivity index (χ4v) is 2.72. The van der Waals surface area contributed by atoms with Gasteiger partial charge in [0.2, 0.25) is 5.91 Å². The smallest absolute Gasteiger partial charge is 0.403 e. The molecule has 0 aromatic rings. The number of rotatable bonds is 2. The normalized spacial score (nSPS) is 29.2. The van der Waals surface area contributed by atoms with Crippen LogP contribution in [0, 0.1) is 5.41 Å². The van der Waals surface area contributed by atoms with Crippen LogP contribution in [0.3, 0.4) is 0 Å². The lowest BCUT2D eigenvalue weighted by molar-refractivity contribution is -0.202. The highest BCUT2D eigenvalue weighted by Gasteiger charge is 2.71. The van der Waals surface area contributed by atoms with E-state index in [9.17, 15) is 22.8 Å². The van der Waals surface area contributed by atoms with Crippen LogP contribution < -0.4 is 0 Å². The van der Waals surface area contributed by atoms with Crippen molar-refractivity contribution in [2.75, 3.05) is 13.7 Å². The molecule has 1 aliphatic heterocycles. The van der Waals surface area contributed by atoms with Gasteiger partial charge in [-0.3, -0.25) is 4.79 Å². The molecule has 2 rings (SSSR count). The Balaban J connectivity index is 2.27. The van der Waals surface area contributed by atoms with E-state index in [0.717, 1.165) is 4.90 Å². The predicted octanol–water partition coefficient (Wildman–Crippen LogP) is 1.88. The summed E-state index contributed by atoms with van der Waals surface area (Å²) in [5, 5.41) is 0. The number of nitrogens with zero attached hydrogens (tertiary/aromatic N) is 1. The average Bonchev–Trinajstić information content (AvgIpc) is 3.06. The first-order valence-electron chi connectivity index (χ1n) is 6.16. The molecule has 2 aliphatic rings. The van der Waals surface area contributed by atoms with Gasteiger partial charge in [0.15, 0.2) is 0 Å². The quantitative estimate of drug-likeness (QED) is 0.725. The highest BCUT2D eigenvalue weighted by molar-refractivity contribution is 5.93. The van der Waals surface area contributed by atoms with Gasteiger partial charge in [0.25, 0.3) is 0 Å². The highest BCUT2D eigenvalue weighted by atomic mass is 19.4. The monoisotopic (exact) mass is 279 g/mol. The Kier molecular flexibility index (Phi) is 3.06. The van der Waals surface area contributed by atoms with E-state index in [1.165, 1.54) is 14.0 Å². The Morgan fingerprint density at radius 2 is 1.79 bits per heavy atom. The highest BCUT2D eigenvalue weighted by Crippen LogP contribution is 2.59. The minimum atomic E-state index is -4.55. The van der Waals surface area contributed by atoms with Gasteiger partial charge in [0, 0.05) is 6.54 Å². The zero-order valence-electron chi connectivity index (χ0n) is 10.8. The second kappa shape index (κ2) is 4.11. The van der Waals surface area contributed by atoms with Crippen molar-refractivity contribution in [3.05, 3.63) is 0 Å². The van der Waals surface area contributed by atoms with Crippen LogP contribution in [-0.4, -0.2) is 42.1 Å². The van der Waals surface area contributed by atoms with Crippen molar-refractivity contribution in [2.45, 2.75) is 44.3 Å². The van der Waals surface area contributed by atoms with E-state index in [0.29, 0.717) is 12.8 Å². The van der Waals surface area contributed by atoms with Gasteiger partial charge in [-0.15, -0.1) is 0 Å². The molecule has 0 spiro atoms. The van der Waals surface area contributed by atoms with Gasteiger partial charge in [-0.2, -0.15) is 13.2 Å². The second-order valence-electron chi connectivity index (χ2n) is 5.41. The summed E-state index contributed by atoms with van der Waals surface area (Å²) in [5.41, 5.74) is -3.54. The fraction of sp³-hybridized carbons (Fsp3) is 0.833. The molecule has 0 N–H and O–H groups in total. The lowest BCUT2D eigenvalue weighted by Crippen LogP contribution is -2.55. The van der Waals surface area contributed by atoms with E-state index < -0.39 is 29.0 Å². The van der Waals surface area contributed by atoms with E-state index in [1.54, 1.807) is 0 Å². The molecule has 1 saturated carbocycles. The first-order chi connectivity index (χ1) is 8.69. The van der Waals surface area contributed by atoms with Crippen molar-refractivity contribution >= 4 is 11.9 Å². The molecular formula is C12H16F3NO3. The molecule has 2 fully saturated rings. The Bertz CT molecular complexity index is 417. The number of esters is 1. The van der Waals surface area contributed by atoms with Crippen LogP contribution in [0.15, 0.2) is 0 Å². The summed E-state index contributed by atoms with van der Waals surface area (Å²) in [5.74, 6) is -1.64. The van der Waals surface area contributed by atoms with Crippen molar-refractivity contribution in [3.63, 3.8) is 0 Å². The van der Waals surface area contributed by atoms with Crippen LogP contribution in [0.4, 0.5) is 13.2 Å². The summed E-state index contributed by atoms with van der Waals surface area (Å²) < 4.78 is 43.5. The number of halogens is 3. The van der Waals surface area contributed by atoms with E-state index >= 15 is 0 Å². The van der Waals surface area contributed by atoms with Gasteiger partial charge >= 0.3 is 12.1 Å². The van der Waals surface area contributed by atoms with Crippen molar-refractivity contribution in [1.29, 1.82) is 0 Å². The summed E-state index contributed by atoms with van der Waals surface area (Å²) in [6.45, 7) is 1.64. The average molecular weight is 279 g/mol. The molecule has 1 saturated heterocycles. The van der Waals surface area contributed by atoms with E-state index in [2.05, 4.69) is 4.74 Å². The van der Waals surface area contributed by atoms with Gasteiger partial charge in [-0.1, -0.05) is 0 Å². The lowest BCUT2D eigenvalue weighted by atomic mass is 9.96. The molecular weight excluding hydrogens is 263 g/mol. The zero-order valence-corrected chi connectivity index (χ0v) is 10.8. The Morgan fingerprint density at radius 3 is 2.21 bits per heavy atom. The third-order valence-corrected chi connectivity index (χ3v) is 4.21. The Labute approximate surface area is 108 Å². The third-order valence-electron chi connectivity index (χ3n) is 4.21. The molecule has 7 heteroatoms. The molecule has 0 unspecified atom stereocenters. The molecule has 0 aromatic heterocycles. The molecule has 1 aliphatic carbocycles. The molecule has 0 bridgehead atoms. The number of hydrogen-bond acceptors (Lipinski definition) is 3. The van der Waals surface area contributed by atoms with E-state index in [1.807, 2.05) is 0 Å². The number of carbonyl (C=O) groups excluding carboxylic acids is 2. The Morgan fingerprint density at radius 1 is 1.21 bits per heavy atom. The molecule has 108 valence electrons. The van der Waals surface area contributed by atoms with Crippen molar-refractivity contribution in [1.82, 2.24) is 4.90 Å². The van der Waals surface area contributed by atoms with Gasteiger partial charge in [0.05, 0.1) is 7.11 Å². The van der Waals surface area contributed by atoms with E-state index in [-0.39, 0.29) is 19.4 Å². The molecule has 1 amide bonds. The summed E-state index contributed by atoms with van der Waals surface area (Å²) in [4.78, 5) is 25.0. The maximum Gasteiger partial charge on any atom is 0.403 e. The maximum atomic E-state index is 13.0. The van der Waals surface area contributed by atoms with Crippen LogP contribution in [-0.2, 0) is 14.3 Å². The maximum absolute atomic E-state index is 13.0. The van der Waals surface area contributed by atoms with Crippen LogP contribution in [0.5, 0.6) is 0 Å². The van der Waals surface area contributed by atoms with Crippen LogP contribution in [0.2, 0.25) is 0 Å². The topological polar surface area (TPSA) is 46.6 Å². The van der Waals surface area contributed by atoms with Crippen LogP contribution in [0.1, 0.15) is 32.6 Å². The summed E-state index contributed by atoms with van der Waals surface area (Å²) in [7, 11) is 1.17. The molecule has 1 atom stereocenters. The number of carbonyl (C=O) groups is 2. The van der Waals surface area contributed by atoms with Gasteiger partial charge in [-0.05, 0) is 32.6 Å². The molecule has 1 heterocycles. The summed E-state index contributed by atoms with van der Waals surface area (Å²) in [6.07, 6.45) is -4.10. The van der Waals surface area contributed by atoms with Gasteiger partial charge < -0.3 is 9.64 Å². The second-order valence-corrected chi connectivity index (χ2v) is 5.41. The number of ether oxygens (including phenoxy) is 1. The molecule has 0 aromatic carbocycles. The van der Waals surface area contributed by atoms with E-state index in [4.69, 9.17) is 0 Å². The zero-order chi connectivity index (χ0) is 14.5. The summed E-state index contributed by atoms with van der Waals surface area (Å²) >= 11 is 0. The number of alkyl halides is 3. The number of methoxy groups -OCH3 is 1. The van der Waals surface area contributed by atoms with Crippen molar-refractivity contribution in [3.8, 4) is 0 Å². The molecule has 0 radical (unpaired) electrons. The van der Waals surface area contributed by atoms with Gasteiger partial charge in [-0.25, -0.2) is 4.79 Å². The van der Waals surface area contributed by atoms with Crippen LogP contribution >= 0.6 is 0 Å². The Hall–Kier alpha value is -1.27. The molecule has 19 heavy (non-hydrogen) atoms. The minimum absolute atomic E-state index is 0.169. The fourth-order valence-electron chi connectivity index (χ4n) is 2.72.